The Labute approximate surface area is 164 Å². The molecule has 3 heterocycles. The van der Waals surface area contributed by atoms with Gasteiger partial charge in [0.2, 0.25) is 0 Å². The maximum Gasteiger partial charge on any atom is 0.410 e. The van der Waals surface area contributed by atoms with Gasteiger partial charge in [-0.25, -0.2) is 9.78 Å². The summed E-state index contributed by atoms with van der Waals surface area (Å²) in [5.74, 6) is 0.348. The molecule has 0 spiro atoms. The molecular formula is C18H23Cl3N2O2. The predicted octanol–water partition coefficient (Wildman–Crippen LogP) is 5.57. The van der Waals surface area contributed by atoms with Gasteiger partial charge < -0.3 is 9.64 Å². The van der Waals surface area contributed by atoms with Crippen molar-refractivity contribution in [2.24, 2.45) is 5.92 Å². The molecule has 7 heteroatoms. The molecule has 3 aliphatic rings. The maximum atomic E-state index is 12.3. The lowest BCUT2D eigenvalue weighted by molar-refractivity contribution is 0.00982. The Hall–Kier alpha value is -0.970. The Balaban J connectivity index is 0.000000701. The summed E-state index contributed by atoms with van der Waals surface area (Å²) >= 11 is 15.4. The first-order valence-electron chi connectivity index (χ1n) is 8.20. The molecule has 1 amide bonds. The van der Waals surface area contributed by atoms with Crippen LogP contribution in [0.2, 0.25) is 5.15 Å². The van der Waals surface area contributed by atoms with Crippen LogP contribution < -0.4 is 0 Å². The summed E-state index contributed by atoms with van der Waals surface area (Å²) < 4.78 is 5.51. The summed E-state index contributed by atoms with van der Waals surface area (Å²) in [5.41, 5.74) is 1.92. The van der Waals surface area contributed by atoms with Crippen molar-refractivity contribution >= 4 is 46.5 Å². The van der Waals surface area contributed by atoms with Crippen molar-refractivity contribution < 1.29 is 9.53 Å². The van der Waals surface area contributed by atoms with E-state index in [1.807, 2.05) is 44.0 Å². The lowest BCUT2D eigenvalue weighted by Crippen LogP contribution is -2.51. The van der Waals surface area contributed by atoms with Crippen LogP contribution in [0.5, 0.6) is 0 Å². The topological polar surface area (TPSA) is 42.4 Å². The highest BCUT2D eigenvalue weighted by Gasteiger charge is 2.39. The van der Waals surface area contributed by atoms with Gasteiger partial charge in [0.15, 0.2) is 0 Å². The van der Waals surface area contributed by atoms with Gasteiger partial charge in [0.1, 0.15) is 10.8 Å². The van der Waals surface area contributed by atoms with Crippen LogP contribution in [0.3, 0.4) is 0 Å². The van der Waals surface area contributed by atoms with Crippen molar-refractivity contribution in [3.05, 3.63) is 35.1 Å². The average molecular weight is 406 g/mol. The molecule has 1 aromatic rings. The van der Waals surface area contributed by atoms with Crippen LogP contribution in [0.15, 0.2) is 24.4 Å². The number of piperidine rings is 1. The summed E-state index contributed by atoms with van der Waals surface area (Å²) in [6, 6.07) is 3.93. The van der Waals surface area contributed by atoms with Crippen molar-refractivity contribution in [3.8, 4) is 0 Å². The molecule has 4 rings (SSSR count). The van der Waals surface area contributed by atoms with E-state index in [9.17, 15) is 4.79 Å². The third-order valence-electron chi connectivity index (χ3n) is 4.13. The number of pyridine rings is 1. The third kappa shape index (κ3) is 5.50. The zero-order valence-corrected chi connectivity index (χ0v) is 16.9. The van der Waals surface area contributed by atoms with Crippen molar-refractivity contribution in [1.82, 2.24) is 9.88 Å². The largest absolute Gasteiger partial charge is 0.444 e. The van der Waals surface area contributed by atoms with E-state index >= 15 is 0 Å². The van der Waals surface area contributed by atoms with E-state index in [1.165, 1.54) is 5.57 Å². The van der Waals surface area contributed by atoms with Crippen molar-refractivity contribution in [1.29, 1.82) is 0 Å². The zero-order valence-electron chi connectivity index (χ0n) is 14.6. The second-order valence-electron chi connectivity index (χ2n) is 7.07. The van der Waals surface area contributed by atoms with Gasteiger partial charge in [-0.15, -0.1) is 23.2 Å². The molecule has 1 aromatic heterocycles. The highest BCUT2D eigenvalue weighted by molar-refractivity contribution is 6.40. The number of aromatic nitrogens is 1. The van der Waals surface area contributed by atoms with E-state index in [-0.39, 0.29) is 17.5 Å². The van der Waals surface area contributed by atoms with Gasteiger partial charge in [0, 0.05) is 18.7 Å². The predicted molar refractivity (Wildman–Crippen MR) is 103 cm³/mol. The van der Waals surface area contributed by atoms with Crippen molar-refractivity contribution in [3.63, 3.8) is 0 Å². The fraction of sp³-hybridized carbons (Fsp3) is 0.556. The summed E-state index contributed by atoms with van der Waals surface area (Å²) in [4.78, 5) is 18.3. The minimum absolute atomic E-state index is 0.116. The van der Waals surface area contributed by atoms with Crippen LogP contribution in [0.4, 0.5) is 4.79 Å². The summed E-state index contributed by atoms with van der Waals surface area (Å²) in [6.45, 7) is 6.41. The number of ether oxygens (including phenoxy) is 1. The maximum absolute atomic E-state index is 12.3. The number of hydrogen-bond donors (Lipinski definition) is 0. The third-order valence-corrected chi connectivity index (χ3v) is 4.35. The molecule has 138 valence electrons. The molecule has 1 aliphatic carbocycles. The van der Waals surface area contributed by atoms with Crippen molar-refractivity contribution in [2.45, 2.75) is 45.3 Å². The quantitative estimate of drug-likeness (QED) is 0.453. The first kappa shape index (κ1) is 20.3. The van der Waals surface area contributed by atoms with E-state index in [0.717, 1.165) is 18.4 Å². The molecule has 0 radical (unpaired) electrons. The number of fused-ring (bicyclic) bond motifs is 2. The molecule has 4 nitrogen and oxygen atoms in total. The van der Waals surface area contributed by atoms with Gasteiger partial charge in [-0.05, 0) is 50.8 Å². The molecule has 2 atom stereocenters. The zero-order chi connectivity index (χ0) is 18.6. The fourth-order valence-electron chi connectivity index (χ4n) is 3.17. The monoisotopic (exact) mass is 404 g/mol. The molecule has 25 heavy (non-hydrogen) atoms. The SMILES string of the molecule is CC(C)(C)OC(=O)N1CC2CCC1C=C2c1ccc(Cl)nc1.ClCCl. The normalized spacial score (nSPS) is 22.0. The van der Waals surface area contributed by atoms with Crippen LogP contribution >= 0.6 is 34.8 Å². The number of halogens is 3. The highest BCUT2D eigenvalue weighted by Crippen LogP contribution is 2.40. The Bertz CT molecular complexity index is 626. The van der Waals surface area contributed by atoms with E-state index in [1.54, 1.807) is 0 Å². The van der Waals surface area contributed by atoms with E-state index in [0.29, 0.717) is 17.6 Å². The molecular weight excluding hydrogens is 383 g/mol. The minimum Gasteiger partial charge on any atom is -0.444 e. The van der Waals surface area contributed by atoms with Crippen LogP contribution in [0.1, 0.15) is 39.2 Å². The van der Waals surface area contributed by atoms with Gasteiger partial charge in [-0.1, -0.05) is 23.7 Å². The number of carbonyl (C=O) groups excluding carboxylic acids is 1. The molecule has 0 aromatic carbocycles. The number of nitrogens with zero attached hydrogens (tertiary/aromatic N) is 2. The lowest BCUT2D eigenvalue weighted by Gasteiger charge is -2.44. The standard InChI is InChI=1S/C17H21ClN2O2.CH2Cl2/c1-17(2,3)22-16(21)20-10-12-4-6-13(20)8-14(12)11-5-7-15(18)19-9-11;2-1-3/h5,7-9,12-13H,4,6,10H2,1-3H3;1H2. The number of rotatable bonds is 1. The van der Waals surface area contributed by atoms with Crippen LogP contribution in [-0.4, -0.2) is 39.5 Å². The highest BCUT2D eigenvalue weighted by atomic mass is 35.5. The minimum atomic E-state index is -0.458. The summed E-state index contributed by atoms with van der Waals surface area (Å²) in [5, 5.41) is 0.695. The van der Waals surface area contributed by atoms with E-state index in [2.05, 4.69) is 11.1 Å². The Morgan fingerprint density at radius 3 is 2.48 bits per heavy atom. The molecule has 1 saturated heterocycles. The van der Waals surface area contributed by atoms with Gasteiger partial charge in [-0.2, -0.15) is 0 Å². The first-order valence-corrected chi connectivity index (χ1v) is 9.65. The Morgan fingerprint density at radius 1 is 1.32 bits per heavy atom. The number of amides is 1. The molecule has 2 bridgehead atoms. The number of alkyl halides is 2. The summed E-state index contributed by atoms with van der Waals surface area (Å²) in [6.07, 6.45) is 5.87. The van der Waals surface area contributed by atoms with E-state index < -0.39 is 5.60 Å². The molecule has 2 aliphatic heterocycles. The average Bonchev–Trinajstić information content (AvgIpc) is 2.55. The Morgan fingerprint density at radius 2 is 2.00 bits per heavy atom. The number of carbonyl (C=O) groups is 1. The fourth-order valence-corrected chi connectivity index (χ4v) is 3.28. The second-order valence-corrected chi connectivity index (χ2v) is 8.26. The van der Waals surface area contributed by atoms with Gasteiger partial charge >= 0.3 is 6.09 Å². The van der Waals surface area contributed by atoms with Crippen molar-refractivity contribution in [2.75, 3.05) is 11.9 Å². The number of hydrogen-bond acceptors (Lipinski definition) is 3. The molecule has 2 unspecified atom stereocenters. The first-order chi connectivity index (χ1) is 11.7. The van der Waals surface area contributed by atoms with E-state index in [4.69, 9.17) is 39.5 Å². The van der Waals surface area contributed by atoms with Crippen LogP contribution in [0.25, 0.3) is 5.57 Å². The van der Waals surface area contributed by atoms with Gasteiger partial charge in [0.05, 0.1) is 11.4 Å². The van der Waals surface area contributed by atoms with Crippen LogP contribution in [0, 0.1) is 5.92 Å². The van der Waals surface area contributed by atoms with Crippen LogP contribution in [-0.2, 0) is 4.74 Å². The van der Waals surface area contributed by atoms with Gasteiger partial charge in [0.25, 0.3) is 0 Å². The molecule has 0 N–H and O–H groups in total. The lowest BCUT2D eigenvalue weighted by atomic mass is 9.77. The smallest absolute Gasteiger partial charge is 0.410 e. The molecule has 1 fully saturated rings. The summed E-state index contributed by atoms with van der Waals surface area (Å²) in [7, 11) is 0. The Kier molecular flexibility index (Phi) is 7.01. The second kappa shape index (κ2) is 8.61. The van der Waals surface area contributed by atoms with Gasteiger partial charge in [-0.3, -0.25) is 0 Å². The molecule has 0 saturated carbocycles.